The summed E-state index contributed by atoms with van der Waals surface area (Å²) in [6.07, 6.45) is 6.79. The second-order valence-electron chi connectivity index (χ2n) is 13.7. The number of thioether (sulfide) groups is 1. The third kappa shape index (κ3) is 4.16. The van der Waals surface area contributed by atoms with Crippen LogP contribution in [0.15, 0.2) is 184 Å². The zero-order valence-electron chi connectivity index (χ0n) is 27.8. The molecule has 3 aliphatic rings. The van der Waals surface area contributed by atoms with E-state index < -0.39 is 0 Å². The number of hydrogen-bond acceptors (Lipinski definition) is 3. The second kappa shape index (κ2) is 11.1. The van der Waals surface area contributed by atoms with E-state index in [1.807, 2.05) is 17.8 Å². The van der Waals surface area contributed by atoms with Gasteiger partial charge in [0.05, 0.1) is 16.8 Å². The van der Waals surface area contributed by atoms with Crippen molar-refractivity contribution < 1.29 is 4.42 Å². The molecular weight excluding hydrogens is 639 g/mol. The first-order chi connectivity index (χ1) is 25.3. The molecular formula is C48H31NOS. The number of furan rings is 1. The minimum atomic E-state index is -0.348. The van der Waals surface area contributed by atoms with E-state index in [9.17, 15) is 0 Å². The molecule has 0 N–H and O–H groups in total. The fraction of sp³-hybridized carbons (Fsp3) is 0.0625. The number of fused-ring (bicyclic) bond motifs is 11. The number of para-hydroxylation sites is 1. The molecule has 0 saturated heterocycles. The molecule has 0 amide bonds. The van der Waals surface area contributed by atoms with E-state index in [1.54, 1.807) is 0 Å². The highest BCUT2D eigenvalue weighted by Gasteiger charge is 2.51. The van der Waals surface area contributed by atoms with Crippen LogP contribution in [0.5, 0.6) is 0 Å². The van der Waals surface area contributed by atoms with Crippen molar-refractivity contribution in [3.8, 4) is 44.8 Å². The van der Waals surface area contributed by atoms with Crippen molar-refractivity contribution in [2.45, 2.75) is 23.2 Å². The quantitative estimate of drug-likeness (QED) is 0.187. The Hall–Kier alpha value is -5.90. The molecule has 2 nitrogen and oxygen atoms in total. The largest absolute Gasteiger partial charge is 0.455 e. The average molecular weight is 670 g/mol. The van der Waals surface area contributed by atoms with Gasteiger partial charge in [0.1, 0.15) is 11.2 Å². The summed E-state index contributed by atoms with van der Waals surface area (Å²) in [5, 5.41) is 2.26. The summed E-state index contributed by atoms with van der Waals surface area (Å²) in [7, 11) is 0. The smallest absolute Gasteiger partial charge is 0.144 e. The molecule has 240 valence electrons. The zero-order chi connectivity index (χ0) is 33.5. The third-order valence-corrected chi connectivity index (χ3v) is 12.2. The van der Waals surface area contributed by atoms with Crippen molar-refractivity contribution >= 4 is 33.7 Å². The molecule has 0 radical (unpaired) electrons. The van der Waals surface area contributed by atoms with Gasteiger partial charge in [-0.3, -0.25) is 0 Å². The normalized spacial score (nSPS) is 15.2. The Bertz CT molecular complexity index is 2670. The molecule has 0 saturated carbocycles. The maximum Gasteiger partial charge on any atom is 0.144 e. The fourth-order valence-corrected chi connectivity index (χ4v) is 10.1. The summed E-state index contributed by atoms with van der Waals surface area (Å²) in [5.74, 6) is 0. The number of nitrogens with zero attached hydrogens (tertiary/aromatic N) is 1. The van der Waals surface area contributed by atoms with Crippen LogP contribution in [-0.2, 0) is 5.41 Å². The van der Waals surface area contributed by atoms with E-state index in [4.69, 9.17) is 9.40 Å². The number of benzene rings is 6. The molecule has 11 rings (SSSR count). The van der Waals surface area contributed by atoms with Gasteiger partial charge in [0, 0.05) is 31.7 Å². The summed E-state index contributed by atoms with van der Waals surface area (Å²) in [4.78, 5) is 7.90. The van der Waals surface area contributed by atoms with Gasteiger partial charge in [-0.1, -0.05) is 145 Å². The molecule has 1 spiro atoms. The Morgan fingerprint density at radius 1 is 0.549 bits per heavy atom. The van der Waals surface area contributed by atoms with Crippen molar-refractivity contribution in [2.75, 3.05) is 0 Å². The number of aromatic nitrogens is 1. The predicted octanol–water partition coefficient (Wildman–Crippen LogP) is 13.0. The van der Waals surface area contributed by atoms with E-state index >= 15 is 0 Å². The molecule has 0 unspecified atom stereocenters. The van der Waals surface area contributed by atoms with Crippen LogP contribution in [-0.4, -0.2) is 4.98 Å². The van der Waals surface area contributed by atoms with Gasteiger partial charge < -0.3 is 4.42 Å². The molecule has 0 atom stereocenters. The second-order valence-corrected chi connectivity index (χ2v) is 14.8. The highest BCUT2D eigenvalue weighted by atomic mass is 32.2. The Morgan fingerprint density at radius 3 is 1.98 bits per heavy atom. The monoisotopic (exact) mass is 669 g/mol. The van der Waals surface area contributed by atoms with Crippen LogP contribution in [0.4, 0.5) is 0 Å². The summed E-state index contributed by atoms with van der Waals surface area (Å²) < 4.78 is 6.93. The average Bonchev–Trinajstić information content (AvgIpc) is 3.71. The Balaban J connectivity index is 1.17. The molecule has 2 aliphatic carbocycles. The van der Waals surface area contributed by atoms with Crippen LogP contribution in [0.3, 0.4) is 0 Å². The van der Waals surface area contributed by atoms with Gasteiger partial charge in [0.15, 0.2) is 0 Å². The lowest BCUT2D eigenvalue weighted by Crippen LogP contribution is -2.33. The lowest BCUT2D eigenvalue weighted by atomic mass is 9.65. The number of allylic oxidation sites excluding steroid dienone is 3. The molecule has 3 heterocycles. The van der Waals surface area contributed by atoms with Crippen molar-refractivity contribution in [2.24, 2.45) is 0 Å². The van der Waals surface area contributed by atoms with E-state index in [1.165, 1.54) is 43.2 Å². The first-order valence-corrected chi connectivity index (χ1v) is 18.5. The SMILES string of the molecule is C1=CC2=C(CC1)C1(c3cc4c(cc3S2)oc2c(-c3cc(-c5ccccc5)cc(-c5ccccc5)n3)cccc24)c2ccccc2-c2ccccc21. The van der Waals surface area contributed by atoms with Crippen molar-refractivity contribution in [1.82, 2.24) is 4.98 Å². The topological polar surface area (TPSA) is 26.0 Å². The number of pyridine rings is 1. The molecule has 8 aromatic rings. The summed E-state index contributed by atoms with van der Waals surface area (Å²) in [6, 6.07) is 54.8. The van der Waals surface area contributed by atoms with E-state index in [0.29, 0.717) is 0 Å². The van der Waals surface area contributed by atoms with Gasteiger partial charge in [0.2, 0.25) is 0 Å². The van der Waals surface area contributed by atoms with Crippen LogP contribution in [0, 0.1) is 0 Å². The van der Waals surface area contributed by atoms with Gasteiger partial charge in [-0.05, 0) is 87.7 Å². The van der Waals surface area contributed by atoms with E-state index in [0.717, 1.165) is 68.4 Å². The zero-order valence-corrected chi connectivity index (χ0v) is 28.6. The molecule has 51 heavy (non-hydrogen) atoms. The van der Waals surface area contributed by atoms with Crippen LogP contribution in [0.2, 0.25) is 0 Å². The maximum atomic E-state index is 6.93. The first kappa shape index (κ1) is 28.9. The molecule has 1 aliphatic heterocycles. The minimum Gasteiger partial charge on any atom is -0.455 e. The van der Waals surface area contributed by atoms with Gasteiger partial charge >= 0.3 is 0 Å². The van der Waals surface area contributed by atoms with E-state index in [-0.39, 0.29) is 5.41 Å². The lowest BCUT2D eigenvalue weighted by Gasteiger charge is -2.42. The third-order valence-electron chi connectivity index (χ3n) is 11.0. The standard InChI is InChI=1S/C48H31NOS/c1-3-14-30(15-4-1)32-26-42(31-16-5-2-6-17-31)49-43(27-32)36-21-13-20-35-37-28-41-46(29-44(37)50-47(35)36)51-45-25-12-11-24-40(45)48(41)38-22-9-7-18-33(38)34-19-8-10-23-39(34)48/h1-10,12-23,25-29H,11,24H2. The van der Waals surface area contributed by atoms with Crippen LogP contribution in [0.1, 0.15) is 29.5 Å². The van der Waals surface area contributed by atoms with Crippen LogP contribution < -0.4 is 0 Å². The van der Waals surface area contributed by atoms with Crippen molar-refractivity contribution in [3.05, 3.63) is 191 Å². The highest BCUT2D eigenvalue weighted by Crippen LogP contribution is 2.64. The highest BCUT2D eigenvalue weighted by molar-refractivity contribution is 8.03. The van der Waals surface area contributed by atoms with Gasteiger partial charge in [-0.2, -0.15) is 0 Å². The number of rotatable bonds is 3. The van der Waals surface area contributed by atoms with Crippen LogP contribution in [0.25, 0.3) is 66.7 Å². The van der Waals surface area contributed by atoms with Crippen molar-refractivity contribution in [3.63, 3.8) is 0 Å². The summed E-state index contributed by atoms with van der Waals surface area (Å²) in [6.45, 7) is 0. The van der Waals surface area contributed by atoms with Gasteiger partial charge in [0.25, 0.3) is 0 Å². The van der Waals surface area contributed by atoms with E-state index in [2.05, 4.69) is 158 Å². The van der Waals surface area contributed by atoms with Gasteiger partial charge in [-0.25, -0.2) is 4.98 Å². The molecule has 6 aromatic carbocycles. The molecule has 0 bridgehead atoms. The Labute approximate surface area is 300 Å². The summed E-state index contributed by atoms with van der Waals surface area (Å²) >= 11 is 1.90. The fourth-order valence-electron chi connectivity index (χ4n) is 8.87. The Morgan fingerprint density at radius 2 is 1.22 bits per heavy atom. The summed E-state index contributed by atoms with van der Waals surface area (Å²) in [5.41, 5.74) is 16.0. The number of hydrogen-bond donors (Lipinski definition) is 0. The van der Waals surface area contributed by atoms with Gasteiger partial charge in [-0.15, -0.1) is 0 Å². The Kier molecular flexibility index (Phi) is 6.26. The molecule has 3 heteroatoms. The molecule has 0 fully saturated rings. The minimum absolute atomic E-state index is 0.348. The maximum absolute atomic E-state index is 6.93. The lowest BCUT2D eigenvalue weighted by molar-refractivity contribution is 0.659. The van der Waals surface area contributed by atoms with Crippen LogP contribution >= 0.6 is 11.8 Å². The first-order valence-electron chi connectivity index (χ1n) is 17.7. The van der Waals surface area contributed by atoms with Crippen molar-refractivity contribution in [1.29, 1.82) is 0 Å². The predicted molar refractivity (Wildman–Crippen MR) is 211 cm³/mol. The molecule has 2 aromatic heterocycles.